The minimum atomic E-state index is -0.665. The molecular weight excluding hydrogens is 389 g/mol. The monoisotopic (exact) mass is 409 g/mol. The molecule has 1 aliphatic heterocycles. The highest BCUT2D eigenvalue weighted by Gasteiger charge is 2.41. The summed E-state index contributed by atoms with van der Waals surface area (Å²) in [4.78, 5) is 31.0. The summed E-state index contributed by atoms with van der Waals surface area (Å²) in [6.07, 6.45) is 3.24. The fraction of sp³-hybridized carbons (Fsp3) is 0.238. The zero-order chi connectivity index (χ0) is 21.1. The second-order valence-corrected chi connectivity index (χ2v) is 6.93. The molecular formula is C21H20FN5O3. The van der Waals surface area contributed by atoms with Gasteiger partial charge in [0.05, 0.1) is 18.4 Å². The topological polar surface area (TPSA) is 100 Å². The van der Waals surface area contributed by atoms with Crippen molar-refractivity contribution in [3.63, 3.8) is 0 Å². The molecule has 1 aliphatic rings. The third-order valence-corrected chi connectivity index (χ3v) is 4.96. The number of hydrogen-bond donors (Lipinski definition) is 2. The first-order valence-electron chi connectivity index (χ1n) is 9.45. The van der Waals surface area contributed by atoms with Crippen molar-refractivity contribution in [2.45, 2.75) is 18.6 Å². The van der Waals surface area contributed by atoms with Crippen molar-refractivity contribution in [3.05, 3.63) is 66.4 Å². The molecule has 4 rings (SSSR count). The molecule has 9 heteroatoms. The van der Waals surface area contributed by atoms with E-state index < -0.39 is 6.04 Å². The molecule has 0 aliphatic carbocycles. The summed E-state index contributed by atoms with van der Waals surface area (Å²) in [5.74, 6) is -0.399. The highest BCUT2D eigenvalue weighted by atomic mass is 19.1. The Kier molecular flexibility index (Phi) is 5.42. The fourth-order valence-electron chi connectivity index (χ4n) is 3.49. The van der Waals surface area contributed by atoms with E-state index in [1.54, 1.807) is 42.7 Å². The van der Waals surface area contributed by atoms with E-state index in [4.69, 9.17) is 4.74 Å². The third kappa shape index (κ3) is 4.00. The van der Waals surface area contributed by atoms with Gasteiger partial charge in [0.2, 0.25) is 5.91 Å². The summed E-state index contributed by atoms with van der Waals surface area (Å²) >= 11 is 0. The Bertz CT molecular complexity index is 1040. The number of likely N-dealkylation sites (N-methyl/N-ethyl adjacent to an activating group) is 1. The predicted octanol–water partition coefficient (Wildman–Crippen LogP) is 2.02. The quantitative estimate of drug-likeness (QED) is 0.672. The molecule has 0 saturated carbocycles. The van der Waals surface area contributed by atoms with Crippen molar-refractivity contribution >= 4 is 11.8 Å². The van der Waals surface area contributed by atoms with Crippen LogP contribution in [0.4, 0.5) is 4.39 Å². The lowest BCUT2D eigenvalue weighted by molar-refractivity contribution is -0.124. The SMILES string of the molecule is CNC(=O)[C@@H]1C[C@H](Oc2cccnc2)CN1C(=O)c1cc(-c2ccc(F)cc2)n[nH]1. The number of rotatable bonds is 5. The van der Waals surface area contributed by atoms with E-state index in [2.05, 4.69) is 20.5 Å². The molecule has 0 radical (unpaired) electrons. The van der Waals surface area contributed by atoms with Crippen molar-refractivity contribution in [2.75, 3.05) is 13.6 Å². The zero-order valence-electron chi connectivity index (χ0n) is 16.2. The molecule has 1 aromatic carbocycles. The Hall–Kier alpha value is -3.75. The Labute approximate surface area is 172 Å². The van der Waals surface area contributed by atoms with Crippen LogP contribution in [-0.4, -0.2) is 57.6 Å². The summed E-state index contributed by atoms with van der Waals surface area (Å²) in [6, 6.07) is 10.3. The standard InChI is InChI=1S/C21H20FN5O3/c1-23-20(28)19-9-16(30-15-3-2-8-24-11-15)12-27(19)21(29)18-10-17(25-26-18)13-4-6-14(22)7-5-13/h2-8,10-11,16,19H,9,12H2,1H3,(H,23,28)(H,25,26)/t16-,19-/m0/s1. The third-order valence-electron chi connectivity index (χ3n) is 4.96. The Balaban J connectivity index is 1.53. The second kappa shape index (κ2) is 8.32. The van der Waals surface area contributed by atoms with Crippen LogP contribution >= 0.6 is 0 Å². The van der Waals surface area contributed by atoms with Crippen LogP contribution in [0.2, 0.25) is 0 Å². The molecule has 1 fully saturated rings. The molecule has 0 spiro atoms. The summed E-state index contributed by atoms with van der Waals surface area (Å²) in [6.45, 7) is 0.247. The van der Waals surface area contributed by atoms with Crippen molar-refractivity contribution < 1.29 is 18.7 Å². The van der Waals surface area contributed by atoms with Crippen LogP contribution in [0.5, 0.6) is 5.75 Å². The first-order chi connectivity index (χ1) is 14.5. The van der Waals surface area contributed by atoms with Crippen LogP contribution in [0.3, 0.4) is 0 Å². The average Bonchev–Trinajstić information content (AvgIpc) is 3.42. The van der Waals surface area contributed by atoms with Gasteiger partial charge in [0.25, 0.3) is 5.91 Å². The van der Waals surface area contributed by atoms with Crippen molar-refractivity contribution in [1.82, 2.24) is 25.4 Å². The van der Waals surface area contributed by atoms with E-state index in [-0.39, 0.29) is 36.0 Å². The molecule has 3 heterocycles. The molecule has 2 N–H and O–H groups in total. The van der Waals surface area contributed by atoms with E-state index in [1.165, 1.54) is 24.1 Å². The van der Waals surface area contributed by atoms with Gasteiger partial charge >= 0.3 is 0 Å². The molecule has 2 amide bonds. The lowest BCUT2D eigenvalue weighted by Crippen LogP contribution is -2.45. The van der Waals surface area contributed by atoms with Crippen LogP contribution in [0.1, 0.15) is 16.9 Å². The van der Waals surface area contributed by atoms with Gasteiger partial charge in [0.15, 0.2) is 0 Å². The number of pyridine rings is 1. The van der Waals surface area contributed by atoms with Crippen LogP contribution in [0, 0.1) is 5.82 Å². The van der Waals surface area contributed by atoms with Crippen molar-refractivity contribution in [3.8, 4) is 17.0 Å². The maximum Gasteiger partial charge on any atom is 0.272 e. The van der Waals surface area contributed by atoms with Gasteiger partial charge < -0.3 is 15.0 Å². The van der Waals surface area contributed by atoms with E-state index in [0.29, 0.717) is 23.4 Å². The summed E-state index contributed by atoms with van der Waals surface area (Å²) in [5.41, 5.74) is 1.43. The van der Waals surface area contributed by atoms with E-state index in [9.17, 15) is 14.0 Å². The van der Waals surface area contributed by atoms with Crippen LogP contribution in [0.15, 0.2) is 54.9 Å². The van der Waals surface area contributed by atoms with Crippen molar-refractivity contribution in [1.29, 1.82) is 0 Å². The molecule has 2 atom stereocenters. The highest BCUT2D eigenvalue weighted by Crippen LogP contribution is 2.26. The van der Waals surface area contributed by atoms with Gasteiger partial charge in [-0.05, 0) is 42.5 Å². The van der Waals surface area contributed by atoms with Gasteiger partial charge in [-0.25, -0.2) is 4.39 Å². The number of aromatic amines is 1. The molecule has 30 heavy (non-hydrogen) atoms. The Morgan fingerprint density at radius 3 is 2.77 bits per heavy atom. The zero-order valence-corrected chi connectivity index (χ0v) is 16.2. The van der Waals surface area contributed by atoms with Gasteiger partial charge in [-0.15, -0.1) is 0 Å². The predicted molar refractivity (Wildman–Crippen MR) is 106 cm³/mol. The number of nitrogens with one attached hydrogen (secondary N) is 2. The van der Waals surface area contributed by atoms with Gasteiger partial charge in [0, 0.05) is 25.2 Å². The number of benzene rings is 1. The van der Waals surface area contributed by atoms with Gasteiger partial charge in [-0.2, -0.15) is 5.10 Å². The fourth-order valence-corrected chi connectivity index (χ4v) is 3.49. The van der Waals surface area contributed by atoms with Gasteiger partial charge in [-0.1, -0.05) is 0 Å². The number of likely N-dealkylation sites (tertiary alicyclic amines) is 1. The number of carbonyl (C=O) groups excluding carboxylic acids is 2. The Morgan fingerprint density at radius 1 is 1.27 bits per heavy atom. The van der Waals surface area contributed by atoms with E-state index in [1.807, 2.05) is 0 Å². The smallest absolute Gasteiger partial charge is 0.272 e. The number of H-pyrrole nitrogens is 1. The maximum atomic E-state index is 13.1. The summed E-state index contributed by atoms with van der Waals surface area (Å²) in [7, 11) is 1.53. The molecule has 1 saturated heterocycles. The number of ether oxygens (including phenoxy) is 1. The minimum absolute atomic E-state index is 0.241. The first-order valence-corrected chi connectivity index (χ1v) is 9.45. The average molecular weight is 409 g/mol. The van der Waals surface area contributed by atoms with Crippen molar-refractivity contribution in [2.24, 2.45) is 0 Å². The number of hydrogen-bond acceptors (Lipinski definition) is 5. The number of halogens is 1. The lowest BCUT2D eigenvalue weighted by atomic mass is 10.1. The minimum Gasteiger partial charge on any atom is -0.487 e. The van der Waals surface area contributed by atoms with E-state index in [0.717, 1.165) is 0 Å². The molecule has 2 aromatic heterocycles. The number of aromatic nitrogens is 3. The maximum absolute atomic E-state index is 13.1. The first kappa shape index (κ1) is 19.6. The van der Waals surface area contributed by atoms with Crippen LogP contribution in [0.25, 0.3) is 11.3 Å². The number of amides is 2. The van der Waals surface area contributed by atoms with Crippen LogP contribution < -0.4 is 10.1 Å². The summed E-state index contributed by atoms with van der Waals surface area (Å²) in [5, 5.41) is 9.47. The highest BCUT2D eigenvalue weighted by molar-refractivity contribution is 5.97. The lowest BCUT2D eigenvalue weighted by Gasteiger charge is -2.22. The summed E-state index contributed by atoms with van der Waals surface area (Å²) < 4.78 is 19.0. The van der Waals surface area contributed by atoms with Crippen LogP contribution in [-0.2, 0) is 4.79 Å². The molecule has 0 bridgehead atoms. The number of carbonyl (C=O) groups is 2. The molecule has 0 unspecified atom stereocenters. The molecule has 3 aromatic rings. The van der Waals surface area contributed by atoms with Gasteiger partial charge in [-0.3, -0.25) is 19.7 Å². The number of nitrogens with zero attached hydrogens (tertiary/aromatic N) is 3. The normalized spacial score (nSPS) is 18.3. The molecule has 154 valence electrons. The second-order valence-electron chi connectivity index (χ2n) is 6.93. The van der Waals surface area contributed by atoms with E-state index >= 15 is 0 Å². The molecule has 8 nitrogen and oxygen atoms in total. The Morgan fingerprint density at radius 2 is 2.07 bits per heavy atom. The van der Waals surface area contributed by atoms with Gasteiger partial charge in [0.1, 0.15) is 29.4 Å². The largest absolute Gasteiger partial charge is 0.487 e.